The van der Waals surface area contributed by atoms with E-state index in [0.717, 1.165) is 0 Å². The molecule has 3 rings (SSSR count). The normalized spacial score (nSPS) is 10.7. The molecule has 0 amide bonds. The van der Waals surface area contributed by atoms with Crippen LogP contribution in [0.5, 0.6) is 0 Å². The van der Waals surface area contributed by atoms with Crippen molar-refractivity contribution in [2.45, 2.75) is 0 Å². The van der Waals surface area contributed by atoms with Gasteiger partial charge in [0.15, 0.2) is 5.69 Å². The van der Waals surface area contributed by atoms with Gasteiger partial charge in [-0.05, 0) is 24.3 Å². The molecule has 3 aromatic rings. The van der Waals surface area contributed by atoms with E-state index in [1.165, 1.54) is 40.0 Å². The van der Waals surface area contributed by atoms with E-state index in [1.54, 1.807) is 18.2 Å². The Hall–Kier alpha value is -3.06. The number of aromatic nitrogens is 4. The molecule has 23 heavy (non-hydrogen) atoms. The molecule has 116 valence electrons. The molecule has 1 aromatic carbocycles. The van der Waals surface area contributed by atoms with Gasteiger partial charge in [-0.25, -0.2) is 13.8 Å². The average molecular weight is 312 g/mol. The van der Waals surface area contributed by atoms with Crippen LogP contribution in [0.15, 0.2) is 60.2 Å². The van der Waals surface area contributed by atoms with Crippen LogP contribution in [0.25, 0.3) is 22.8 Å². The molecule has 0 aliphatic rings. The summed E-state index contributed by atoms with van der Waals surface area (Å²) in [4.78, 5) is 12.1. The van der Waals surface area contributed by atoms with Gasteiger partial charge in [0.1, 0.15) is 5.82 Å². The van der Waals surface area contributed by atoms with Crippen LogP contribution in [-0.4, -0.2) is 31.3 Å². The van der Waals surface area contributed by atoms with Crippen molar-refractivity contribution in [3.05, 3.63) is 71.4 Å². The zero-order valence-electron chi connectivity index (χ0n) is 12.1. The molecule has 0 fully saturated rings. The molecule has 0 aliphatic carbocycles. The Morgan fingerprint density at radius 1 is 1.30 bits per heavy atom. The number of aliphatic hydroxyl groups is 1. The van der Waals surface area contributed by atoms with Crippen LogP contribution in [0.2, 0.25) is 0 Å². The highest BCUT2D eigenvalue weighted by Gasteiger charge is 2.14. The number of benzene rings is 1. The Morgan fingerprint density at radius 3 is 2.87 bits per heavy atom. The minimum atomic E-state index is -0.406. The van der Waals surface area contributed by atoms with E-state index < -0.39 is 5.82 Å². The van der Waals surface area contributed by atoms with E-state index in [2.05, 4.69) is 16.8 Å². The van der Waals surface area contributed by atoms with Crippen LogP contribution in [0.1, 0.15) is 0 Å². The molecule has 6 nitrogen and oxygen atoms in total. The Kier molecular flexibility index (Phi) is 3.86. The van der Waals surface area contributed by atoms with E-state index in [4.69, 9.17) is 5.11 Å². The topological polar surface area (TPSA) is 72.9 Å². The molecule has 0 unspecified atom stereocenters. The predicted octanol–water partition coefficient (Wildman–Crippen LogP) is 1.70. The van der Waals surface area contributed by atoms with E-state index in [9.17, 15) is 9.18 Å². The van der Waals surface area contributed by atoms with E-state index >= 15 is 0 Å². The highest BCUT2D eigenvalue weighted by Crippen LogP contribution is 2.18. The fraction of sp³-hybridized carbons (Fsp3) is 0.0625. The van der Waals surface area contributed by atoms with Gasteiger partial charge in [0.2, 0.25) is 5.43 Å². The van der Waals surface area contributed by atoms with Gasteiger partial charge in [0.25, 0.3) is 0 Å². The lowest BCUT2D eigenvalue weighted by Crippen LogP contribution is -2.16. The van der Waals surface area contributed by atoms with Gasteiger partial charge in [-0.1, -0.05) is 12.6 Å². The monoisotopic (exact) mass is 312 g/mol. The standard InChI is InChI=1S/C16H13FN4O2/c1-11(10-22)20-8-6-15(23)16(19-20)14-5-7-18-21(14)13-4-2-3-12(17)9-13/h2-9,22H,1,10H2. The number of hydrogen-bond donors (Lipinski definition) is 1. The van der Waals surface area contributed by atoms with Gasteiger partial charge in [-0.2, -0.15) is 10.2 Å². The molecule has 0 saturated carbocycles. The first-order valence-corrected chi connectivity index (χ1v) is 6.79. The second kappa shape index (κ2) is 5.98. The second-order valence-corrected chi connectivity index (χ2v) is 4.81. The summed E-state index contributed by atoms with van der Waals surface area (Å²) in [5.41, 5.74) is 1.03. The number of rotatable bonds is 4. The second-order valence-electron chi connectivity index (χ2n) is 4.81. The molecule has 1 N–H and O–H groups in total. The molecule has 0 saturated heterocycles. The minimum Gasteiger partial charge on any atom is -0.390 e. The third kappa shape index (κ3) is 2.82. The van der Waals surface area contributed by atoms with Crippen molar-refractivity contribution in [1.82, 2.24) is 19.6 Å². The number of aliphatic hydroxyl groups excluding tert-OH is 1. The lowest BCUT2D eigenvalue weighted by molar-refractivity contribution is 0.342. The first-order chi connectivity index (χ1) is 11.1. The Labute approximate surface area is 130 Å². The van der Waals surface area contributed by atoms with Crippen LogP contribution in [0.3, 0.4) is 0 Å². The molecule has 0 radical (unpaired) electrons. The number of halogens is 1. The van der Waals surface area contributed by atoms with Crippen molar-refractivity contribution >= 4 is 5.70 Å². The molecular formula is C16H13FN4O2. The van der Waals surface area contributed by atoms with E-state index in [1.807, 2.05) is 0 Å². The Bertz CT molecular complexity index is 930. The molecular weight excluding hydrogens is 299 g/mol. The highest BCUT2D eigenvalue weighted by atomic mass is 19.1. The Balaban J connectivity index is 2.16. The van der Waals surface area contributed by atoms with Gasteiger partial charge < -0.3 is 5.11 Å². The molecule has 2 heterocycles. The Morgan fingerprint density at radius 2 is 2.13 bits per heavy atom. The molecule has 7 heteroatoms. The minimum absolute atomic E-state index is 0.129. The maximum atomic E-state index is 13.4. The summed E-state index contributed by atoms with van der Waals surface area (Å²) >= 11 is 0. The molecule has 0 bridgehead atoms. The zero-order chi connectivity index (χ0) is 16.4. The summed E-state index contributed by atoms with van der Waals surface area (Å²) in [6.45, 7) is 3.37. The quantitative estimate of drug-likeness (QED) is 0.796. The zero-order valence-corrected chi connectivity index (χ0v) is 12.1. The summed E-state index contributed by atoms with van der Waals surface area (Å²) in [5, 5.41) is 17.5. The molecule has 2 aromatic heterocycles. The number of hydrogen-bond acceptors (Lipinski definition) is 4. The maximum absolute atomic E-state index is 13.4. The lowest BCUT2D eigenvalue weighted by atomic mass is 10.2. The molecule has 0 aliphatic heterocycles. The molecule has 0 spiro atoms. The summed E-state index contributed by atoms with van der Waals surface area (Å²) in [7, 11) is 0. The van der Waals surface area contributed by atoms with Gasteiger partial charge in [-0.3, -0.25) is 4.79 Å². The van der Waals surface area contributed by atoms with Gasteiger partial charge in [-0.15, -0.1) is 0 Å². The predicted molar refractivity (Wildman–Crippen MR) is 83.4 cm³/mol. The van der Waals surface area contributed by atoms with Crippen LogP contribution in [-0.2, 0) is 0 Å². The first-order valence-electron chi connectivity index (χ1n) is 6.79. The fourth-order valence-corrected chi connectivity index (χ4v) is 2.13. The van der Waals surface area contributed by atoms with Gasteiger partial charge in [0.05, 0.1) is 29.9 Å². The van der Waals surface area contributed by atoms with Gasteiger partial charge >= 0.3 is 0 Å². The smallest absolute Gasteiger partial charge is 0.209 e. The largest absolute Gasteiger partial charge is 0.390 e. The molecule has 0 atom stereocenters. The van der Waals surface area contributed by atoms with Crippen molar-refractivity contribution in [3.8, 4) is 17.1 Å². The summed E-state index contributed by atoms with van der Waals surface area (Å²) in [6.07, 6.45) is 2.92. The number of nitrogens with zero attached hydrogens (tertiary/aromatic N) is 4. The summed E-state index contributed by atoms with van der Waals surface area (Å²) < 4.78 is 16.2. The average Bonchev–Trinajstić information content (AvgIpc) is 3.04. The summed E-state index contributed by atoms with van der Waals surface area (Å²) in [6, 6.07) is 8.80. The SMILES string of the molecule is C=C(CO)n1ccc(=O)c(-c2ccnn2-c2cccc(F)c2)n1. The van der Waals surface area contributed by atoms with Crippen molar-refractivity contribution < 1.29 is 9.50 Å². The van der Waals surface area contributed by atoms with E-state index in [-0.39, 0.29) is 17.7 Å². The fourth-order valence-electron chi connectivity index (χ4n) is 2.13. The third-order valence-electron chi connectivity index (χ3n) is 3.25. The van der Waals surface area contributed by atoms with Crippen molar-refractivity contribution in [2.75, 3.05) is 6.61 Å². The van der Waals surface area contributed by atoms with Crippen LogP contribution < -0.4 is 5.43 Å². The lowest BCUT2D eigenvalue weighted by Gasteiger charge is -2.10. The van der Waals surface area contributed by atoms with Crippen LogP contribution in [0.4, 0.5) is 4.39 Å². The van der Waals surface area contributed by atoms with E-state index in [0.29, 0.717) is 17.1 Å². The maximum Gasteiger partial charge on any atom is 0.209 e. The van der Waals surface area contributed by atoms with Crippen LogP contribution in [0, 0.1) is 5.82 Å². The third-order valence-corrected chi connectivity index (χ3v) is 3.25. The first kappa shape index (κ1) is 14.9. The summed E-state index contributed by atoms with van der Waals surface area (Å²) in [5.74, 6) is -0.406. The highest BCUT2D eigenvalue weighted by molar-refractivity contribution is 5.57. The van der Waals surface area contributed by atoms with Crippen molar-refractivity contribution in [3.63, 3.8) is 0 Å². The van der Waals surface area contributed by atoms with Crippen molar-refractivity contribution in [2.24, 2.45) is 0 Å². The van der Waals surface area contributed by atoms with Crippen molar-refractivity contribution in [1.29, 1.82) is 0 Å². The van der Waals surface area contributed by atoms with Gasteiger partial charge in [0, 0.05) is 12.3 Å². The van der Waals surface area contributed by atoms with Crippen LogP contribution >= 0.6 is 0 Å².